The van der Waals surface area contributed by atoms with Crippen LogP contribution in [0.25, 0.3) is 16.7 Å². The van der Waals surface area contributed by atoms with Crippen LogP contribution in [0.3, 0.4) is 0 Å². The second-order valence-corrected chi connectivity index (χ2v) is 4.98. The van der Waals surface area contributed by atoms with Gasteiger partial charge in [0.05, 0.1) is 22.0 Å². The van der Waals surface area contributed by atoms with Gasteiger partial charge in [0.1, 0.15) is 6.07 Å². The SMILES string of the molecule is N#Cc1c(Br)c(C(F)(F)F)cc2c1c(=O)[nH]c1nccn12. The van der Waals surface area contributed by atoms with Crippen molar-refractivity contribution in [2.75, 3.05) is 0 Å². The number of alkyl halides is 3. The van der Waals surface area contributed by atoms with Crippen molar-refractivity contribution in [3.63, 3.8) is 0 Å². The number of hydrogen-bond acceptors (Lipinski definition) is 3. The molecule has 0 radical (unpaired) electrons. The predicted molar refractivity (Wildman–Crippen MR) is 70.7 cm³/mol. The van der Waals surface area contributed by atoms with E-state index in [4.69, 9.17) is 5.26 Å². The monoisotopic (exact) mass is 356 g/mol. The number of nitrogens with zero attached hydrogens (tertiary/aromatic N) is 3. The first-order valence-corrected chi connectivity index (χ1v) is 6.32. The summed E-state index contributed by atoms with van der Waals surface area (Å²) >= 11 is 2.77. The topological polar surface area (TPSA) is 73.9 Å². The highest BCUT2D eigenvalue weighted by atomic mass is 79.9. The third kappa shape index (κ3) is 1.91. The summed E-state index contributed by atoms with van der Waals surface area (Å²) in [7, 11) is 0. The minimum atomic E-state index is -4.66. The van der Waals surface area contributed by atoms with E-state index in [1.54, 1.807) is 6.07 Å². The van der Waals surface area contributed by atoms with Crippen molar-refractivity contribution in [3.8, 4) is 6.07 Å². The molecule has 0 amide bonds. The number of aromatic nitrogens is 3. The van der Waals surface area contributed by atoms with E-state index in [2.05, 4.69) is 25.9 Å². The summed E-state index contributed by atoms with van der Waals surface area (Å²) in [6.07, 6.45) is -1.91. The number of H-pyrrole nitrogens is 1. The molecule has 0 bridgehead atoms. The van der Waals surface area contributed by atoms with Gasteiger partial charge in [0.15, 0.2) is 0 Å². The molecule has 2 aromatic heterocycles. The lowest BCUT2D eigenvalue weighted by Gasteiger charge is -2.13. The van der Waals surface area contributed by atoms with Crippen LogP contribution in [-0.4, -0.2) is 14.4 Å². The Balaban J connectivity index is 2.65. The van der Waals surface area contributed by atoms with Crippen LogP contribution in [0.15, 0.2) is 27.7 Å². The van der Waals surface area contributed by atoms with Crippen LogP contribution in [0.5, 0.6) is 0 Å². The van der Waals surface area contributed by atoms with Gasteiger partial charge in [0.25, 0.3) is 5.56 Å². The van der Waals surface area contributed by atoms with Crippen molar-refractivity contribution in [1.29, 1.82) is 5.26 Å². The third-order valence-corrected chi connectivity index (χ3v) is 3.84. The van der Waals surface area contributed by atoms with Crippen LogP contribution in [-0.2, 0) is 6.18 Å². The van der Waals surface area contributed by atoms with Gasteiger partial charge in [-0.1, -0.05) is 0 Å². The van der Waals surface area contributed by atoms with Crippen LogP contribution < -0.4 is 5.56 Å². The zero-order valence-corrected chi connectivity index (χ0v) is 11.6. The molecule has 1 aromatic carbocycles. The summed E-state index contributed by atoms with van der Waals surface area (Å²) < 4.78 is 40.0. The van der Waals surface area contributed by atoms with Crippen molar-refractivity contribution >= 4 is 32.6 Å². The highest BCUT2D eigenvalue weighted by molar-refractivity contribution is 9.10. The van der Waals surface area contributed by atoms with Crippen molar-refractivity contribution in [2.45, 2.75) is 6.18 Å². The van der Waals surface area contributed by atoms with Gasteiger partial charge < -0.3 is 0 Å². The van der Waals surface area contributed by atoms with E-state index in [0.29, 0.717) is 0 Å². The molecule has 0 aliphatic carbocycles. The van der Waals surface area contributed by atoms with E-state index < -0.39 is 21.8 Å². The Bertz CT molecular complexity index is 980. The number of fused-ring (bicyclic) bond motifs is 3. The van der Waals surface area contributed by atoms with E-state index >= 15 is 0 Å². The number of benzene rings is 1. The first-order valence-electron chi connectivity index (χ1n) is 5.53. The zero-order chi connectivity index (χ0) is 15.4. The summed E-state index contributed by atoms with van der Waals surface area (Å²) in [5, 5.41) is 9.01. The molecule has 2 heterocycles. The van der Waals surface area contributed by atoms with Gasteiger partial charge in [-0.3, -0.25) is 14.2 Å². The number of aromatic amines is 1. The quantitative estimate of drug-likeness (QED) is 0.673. The van der Waals surface area contributed by atoms with Crippen molar-refractivity contribution in [2.24, 2.45) is 0 Å². The maximum absolute atomic E-state index is 13.1. The molecule has 0 unspecified atom stereocenters. The average molecular weight is 357 g/mol. The van der Waals surface area contributed by atoms with Crippen LogP contribution in [0.2, 0.25) is 0 Å². The van der Waals surface area contributed by atoms with Crippen molar-refractivity contribution in [1.82, 2.24) is 14.4 Å². The van der Waals surface area contributed by atoms with E-state index in [0.717, 1.165) is 6.07 Å². The van der Waals surface area contributed by atoms with Crippen LogP contribution >= 0.6 is 15.9 Å². The molecule has 0 atom stereocenters. The van der Waals surface area contributed by atoms with Gasteiger partial charge in [0, 0.05) is 16.9 Å². The highest BCUT2D eigenvalue weighted by Crippen LogP contribution is 2.39. The number of hydrogen-bond donors (Lipinski definition) is 1. The summed E-state index contributed by atoms with van der Waals surface area (Å²) in [6, 6.07) is 2.47. The molecule has 0 spiro atoms. The first kappa shape index (κ1) is 13.6. The number of imidazole rings is 1. The molecular formula is C12H4BrF3N4O. The Morgan fingerprint density at radius 2 is 2.14 bits per heavy atom. The number of nitriles is 1. The number of halogens is 4. The molecule has 0 fully saturated rings. The molecular weight excluding hydrogens is 353 g/mol. The minimum Gasteiger partial charge on any atom is -0.291 e. The minimum absolute atomic E-state index is 0.0293. The predicted octanol–water partition coefficient (Wildman–Crippen LogP) is 2.83. The van der Waals surface area contributed by atoms with E-state index in [-0.39, 0.29) is 22.2 Å². The maximum atomic E-state index is 13.1. The summed E-state index contributed by atoms with van der Waals surface area (Å²) in [6.45, 7) is 0. The van der Waals surface area contributed by atoms with Gasteiger partial charge in [-0.2, -0.15) is 18.4 Å². The van der Waals surface area contributed by atoms with Crippen molar-refractivity contribution < 1.29 is 13.2 Å². The fourth-order valence-electron chi connectivity index (χ4n) is 2.13. The lowest BCUT2D eigenvalue weighted by atomic mass is 10.1. The van der Waals surface area contributed by atoms with E-state index in [1.165, 1.54) is 16.8 Å². The summed E-state index contributed by atoms with van der Waals surface area (Å²) in [5.74, 6) is 0.104. The molecule has 106 valence electrons. The molecule has 0 saturated carbocycles. The van der Waals surface area contributed by atoms with Gasteiger partial charge >= 0.3 is 6.18 Å². The molecule has 5 nitrogen and oxygen atoms in total. The van der Waals surface area contributed by atoms with Gasteiger partial charge in [-0.15, -0.1) is 0 Å². The third-order valence-electron chi connectivity index (χ3n) is 3.01. The fraction of sp³-hybridized carbons (Fsp3) is 0.0833. The summed E-state index contributed by atoms with van der Waals surface area (Å²) in [4.78, 5) is 18.3. The molecule has 3 aromatic rings. The van der Waals surface area contributed by atoms with Crippen LogP contribution in [0, 0.1) is 11.3 Å². The van der Waals surface area contributed by atoms with Gasteiger partial charge in [0.2, 0.25) is 5.78 Å². The summed E-state index contributed by atoms with van der Waals surface area (Å²) in [5.41, 5.74) is -2.09. The standard InChI is InChI=1S/C12H4BrF3N4O/c13-9-5(4-17)8-7(3-6(9)12(14,15)16)20-2-1-18-11(20)19-10(8)21/h1-3H,(H,18,19,21). The number of rotatable bonds is 0. The molecule has 1 N–H and O–H groups in total. The fourth-order valence-corrected chi connectivity index (χ4v) is 2.76. The second kappa shape index (κ2) is 4.33. The van der Waals surface area contributed by atoms with Gasteiger partial charge in [-0.05, 0) is 22.0 Å². The smallest absolute Gasteiger partial charge is 0.291 e. The first-order chi connectivity index (χ1) is 9.84. The molecule has 0 aliphatic heterocycles. The highest BCUT2D eigenvalue weighted by Gasteiger charge is 2.35. The lowest BCUT2D eigenvalue weighted by Crippen LogP contribution is -2.15. The average Bonchev–Trinajstić information content (AvgIpc) is 2.85. The molecule has 21 heavy (non-hydrogen) atoms. The Kier molecular flexibility index (Phi) is 2.81. The molecule has 9 heteroatoms. The van der Waals surface area contributed by atoms with E-state index in [9.17, 15) is 18.0 Å². The Hall–Kier alpha value is -2.34. The maximum Gasteiger partial charge on any atom is 0.417 e. The largest absolute Gasteiger partial charge is 0.417 e. The van der Waals surface area contributed by atoms with Crippen molar-refractivity contribution in [3.05, 3.63) is 44.4 Å². The molecule has 3 rings (SSSR count). The number of nitrogens with one attached hydrogen (secondary N) is 1. The normalized spacial score (nSPS) is 12.0. The molecule has 0 saturated heterocycles. The van der Waals surface area contributed by atoms with Gasteiger partial charge in [-0.25, -0.2) is 4.98 Å². The Labute approximate surface area is 122 Å². The molecule has 0 aliphatic rings. The van der Waals surface area contributed by atoms with Crippen LogP contribution in [0.4, 0.5) is 13.2 Å². The Morgan fingerprint density at radius 3 is 2.76 bits per heavy atom. The second-order valence-electron chi connectivity index (χ2n) is 4.19. The van der Waals surface area contributed by atoms with Crippen LogP contribution in [0.1, 0.15) is 11.1 Å². The van der Waals surface area contributed by atoms with E-state index in [1.807, 2.05) is 0 Å². The Morgan fingerprint density at radius 1 is 1.43 bits per heavy atom. The lowest BCUT2D eigenvalue weighted by molar-refractivity contribution is -0.138. The zero-order valence-electron chi connectivity index (χ0n) is 9.99.